The van der Waals surface area contributed by atoms with Crippen molar-refractivity contribution < 1.29 is 4.79 Å². The summed E-state index contributed by atoms with van der Waals surface area (Å²) in [7, 11) is 0. The van der Waals surface area contributed by atoms with Gasteiger partial charge in [0.25, 0.3) is 0 Å². The molecule has 3 heteroatoms. The highest BCUT2D eigenvalue weighted by molar-refractivity contribution is 6.20. The van der Waals surface area contributed by atoms with Crippen LogP contribution in [0.3, 0.4) is 0 Å². The van der Waals surface area contributed by atoms with Crippen molar-refractivity contribution in [1.82, 2.24) is 4.98 Å². The van der Waals surface area contributed by atoms with Crippen molar-refractivity contribution in [3.05, 3.63) is 84.1 Å². The zero-order valence-corrected chi connectivity index (χ0v) is 12.4. The third kappa shape index (κ3) is 2.14. The molecule has 3 nitrogen and oxygen atoms in total. The Hall–Kier alpha value is -3.20. The summed E-state index contributed by atoms with van der Waals surface area (Å²) in [6.07, 6.45) is 1.69. The maximum atomic E-state index is 13.0. The average Bonchev–Trinajstić information content (AvgIpc) is 2.61. The van der Waals surface area contributed by atoms with Crippen LogP contribution in [0.25, 0.3) is 21.7 Å². The quantitative estimate of drug-likeness (QED) is 0.445. The van der Waals surface area contributed by atoms with Crippen molar-refractivity contribution in [3.8, 4) is 0 Å². The highest BCUT2D eigenvalue weighted by Crippen LogP contribution is 2.27. The third-order valence-corrected chi connectivity index (χ3v) is 4.09. The number of anilines is 1. The number of rotatable bonds is 2. The van der Waals surface area contributed by atoms with Gasteiger partial charge < -0.3 is 5.73 Å². The molecule has 0 spiro atoms. The first-order chi connectivity index (χ1) is 11.3. The summed E-state index contributed by atoms with van der Waals surface area (Å²) >= 11 is 0. The van der Waals surface area contributed by atoms with Crippen molar-refractivity contribution in [1.29, 1.82) is 0 Å². The van der Waals surface area contributed by atoms with Gasteiger partial charge in [-0.05, 0) is 22.9 Å². The molecule has 0 radical (unpaired) electrons. The molecule has 23 heavy (non-hydrogen) atoms. The lowest BCUT2D eigenvalue weighted by Gasteiger charge is -2.10. The van der Waals surface area contributed by atoms with E-state index in [1.165, 1.54) is 0 Å². The first-order valence-electron chi connectivity index (χ1n) is 7.41. The predicted molar refractivity (Wildman–Crippen MR) is 93.5 cm³/mol. The standard InChI is InChI=1S/C20H14N2O/c21-18-17(11-10-14-7-4-12-22-19(14)18)20(23)16-9-3-6-13-5-1-2-8-15(13)16/h1-12H,21H2. The van der Waals surface area contributed by atoms with Gasteiger partial charge in [-0.3, -0.25) is 9.78 Å². The van der Waals surface area contributed by atoms with Crippen molar-refractivity contribution in [3.63, 3.8) is 0 Å². The lowest BCUT2D eigenvalue weighted by Crippen LogP contribution is -2.07. The number of carbonyl (C=O) groups is 1. The van der Waals surface area contributed by atoms with E-state index >= 15 is 0 Å². The van der Waals surface area contributed by atoms with Gasteiger partial charge in [0.2, 0.25) is 0 Å². The number of pyridine rings is 1. The van der Waals surface area contributed by atoms with Crippen LogP contribution in [0.5, 0.6) is 0 Å². The van der Waals surface area contributed by atoms with Crippen LogP contribution in [-0.4, -0.2) is 10.8 Å². The number of hydrogen-bond donors (Lipinski definition) is 1. The van der Waals surface area contributed by atoms with E-state index in [4.69, 9.17) is 5.73 Å². The van der Waals surface area contributed by atoms with Crippen LogP contribution >= 0.6 is 0 Å². The third-order valence-electron chi connectivity index (χ3n) is 4.09. The monoisotopic (exact) mass is 298 g/mol. The van der Waals surface area contributed by atoms with Gasteiger partial charge in [-0.15, -0.1) is 0 Å². The molecule has 4 aromatic rings. The first-order valence-corrected chi connectivity index (χ1v) is 7.41. The lowest BCUT2D eigenvalue weighted by atomic mass is 9.95. The summed E-state index contributed by atoms with van der Waals surface area (Å²) in [5, 5.41) is 2.90. The highest BCUT2D eigenvalue weighted by atomic mass is 16.1. The number of benzene rings is 3. The Labute approximate surface area is 133 Å². The van der Waals surface area contributed by atoms with Crippen LogP contribution in [0.1, 0.15) is 15.9 Å². The fraction of sp³-hybridized carbons (Fsp3) is 0. The molecule has 0 aliphatic carbocycles. The second-order valence-electron chi connectivity index (χ2n) is 5.46. The normalized spacial score (nSPS) is 11.0. The predicted octanol–water partition coefficient (Wildman–Crippen LogP) is 4.20. The van der Waals surface area contributed by atoms with Gasteiger partial charge >= 0.3 is 0 Å². The van der Waals surface area contributed by atoms with Gasteiger partial charge in [0.05, 0.1) is 11.2 Å². The molecular formula is C20H14N2O. The molecule has 3 aromatic carbocycles. The van der Waals surface area contributed by atoms with Crippen LogP contribution in [-0.2, 0) is 0 Å². The Kier molecular flexibility index (Phi) is 3.05. The second kappa shape index (κ2) is 5.21. The molecule has 4 rings (SSSR count). The molecular weight excluding hydrogens is 284 g/mol. The number of nitrogen functional groups attached to an aromatic ring is 1. The summed E-state index contributed by atoms with van der Waals surface area (Å²) in [4.78, 5) is 17.3. The lowest BCUT2D eigenvalue weighted by molar-refractivity contribution is 0.104. The van der Waals surface area contributed by atoms with E-state index in [2.05, 4.69) is 4.98 Å². The maximum Gasteiger partial charge on any atom is 0.195 e. The molecule has 0 aliphatic rings. The fourth-order valence-electron chi connectivity index (χ4n) is 2.93. The van der Waals surface area contributed by atoms with E-state index in [1.54, 1.807) is 12.3 Å². The molecule has 0 fully saturated rings. The van der Waals surface area contributed by atoms with Crippen LogP contribution in [0, 0.1) is 0 Å². The molecule has 0 bridgehead atoms. The Morgan fingerprint density at radius 3 is 2.48 bits per heavy atom. The van der Waals surface area contributed by atoms with E-state index in [-0.39, 0.29) is 5.78 Å². The zero-order chi connectivity index (χ0) is 15.8. The summed E-state index contributed by atoms with van der Waals surface area (Å²) in [5.74, 6) is -0.0770. The number of ketones is 1. The topological polar surface area (TPSA) is 56.0 Å². The minimum atomic E-state index is -0.0770. The van der Waals surface area contributed by atoms with Gasteiger partial charge in [0.1, 0.15) is 0 Å². The Balaban J connectivity index is 1.93. The largest absolute Gasteiger partial charge is 0.396 e. The van der Waals surface area contributed by atoms with Crippen molar-refractivity contribution in [2.24, 2.45) is 0 Å². The number of carbonyl (C=O) groups excluding carboxylic acids is 1. The molecule has 0 amide bonds. The van der Waals surface area contributed by atoms with Crippen molar-refractivity contribution in [2.45, 2.75) is 0 Å². The Morgan fingerprint density at radius 2 is 1.57 bits per heavy atom. The van der Waals surface area contributed by atoms with E-state index in [1.807, 2.05) is 60.7 Å². The molecule has 0 unspecified atom stereocenters. The average molecular weight is 298 g/mol. The van der Waals surface area contributed by atoms with Gasteiger partial charge in [0, 0.05) is 22.7 Å². The molecule has 0 saturated heterocycles. The van der Waals surface area contributed by atoms with E-state index in [0.717, 1.165) is 16.2 Å². The minimum absolute atomic E-state index is 0.0770. The summed E-state index contributed by atoms with van der Waals surface area (Å²) in [6.45, 7) is 0. The van der Waals surface area contributed by atoms with Crippen LogP contribution < -0.4 is 5.73 Å². The molecule has 0 atom stereocenters. The van der Waals surface area contributed by atoms with Gasteiger partial charge in [-0.25, -0.2) is 0 Å². The minimum Gasteiger partial charge on any atom is -0.396 e. The molecule has 110 valence electrons. The zero-order valence-electron chi connectivity index (χ0n) is 12.4. The molecule has 1 heterocycles. The maximum absolute atomic E-state index is 13.0. The Morgan fingerprint density at radius 1 is 0.783 bits per heavy atom. The fourth-order valence-corrected chi connectivity index (χ4v) is 2.93. The Bertz CT molecular complexity index is 1050. The van der Waals surface area contributed by atoms with E-state index in [9.17, 15) is 4.79 Å². The van der Waals surface area contributed by atoms with Crippen LogP contribution in [0.15, 0.2) is 72.9 Å². The number of aromatic nitrogens is 1. The summed E-state index contributed by atoms with van der Waals surface area (Å²) in [5.41, 5.74) is 8.47. The van der Waals surface area contributed by atoms with Crippen molar-refractivity contribution >= 4 is 33.1 Å². The van der Waals surface area contributed by atoms with E-state index < -0.39 is 0 Å². The molecule has 0 saturated carbocycles. The number of hydrogen-bond acceptors (Lipinski definition) is 3. The van der Waals surface area contributed by atoms with E-state index in [0.29, 0.717) is 22.3 Å². The van der Waals surface area contributed by atoms with Gasteiger partial charge in [-0.2, -0.15) is 0 Å². The highest BCUT2D eigenvalue weighted by Gasteiger charge is 2.16. The summed E-state index contributed by atoms with van der Waals surface area (Å²) < 4.78 is 0. The summed E-state index contributed by atoms with van der Waals surface area (Å²) in [6, 6.07) is 21.0. The van der Waals surface area contributed by atoms with Crippen molar-refractivity contribution in [2.75, 3.05) is 5.73 Å². The smallest absolute Gasteiger partial charge is 0.195 e. The van der Waals surface area contributed by atoms with Crippen LogP contribution in [0.4, 0.5) is 5.69 Å². The SMILES string of the molecule is Nc1c(C(=O)c2cccc3ccccc23)ccc2cccnc12. The second-order valence-corrected chi connectivity index (χ2v) is 5.46. The molecule has 0 aliphatic heterocycles. The number of fused-ring (bicyclic) bond motifs is 2. The molecule has 1 aromatic heterocycles. The number of nitrogens with zero attached hydrogens (tertiary/aromatic N) is 1. The first kappa shape index (κ1) is 13.5. The number of nitrogens with two attached hydrogens (primary N) is 1. The van der Waals surface area contributed by atoms with Gasteiger partial charge in [0.15, 0.2) is 5.78 Å². The van der Waals surface area contributed by atoms with Crippen LogP contribution in [0.2, 0.25) is 0 Å². The molecule has 2 N–H and O–H groups in total. The van der Waals surface area contributed by atoms with Gasteiger partial charge in [-0.1, -0.05) is 54.6 Å².